The Morgan fingerprint density at radius 3 is 2.43 bits per heavy atom. The van der Waals surface area contributed by atoms with Gasteiger partial charge in [0.1, 0.15) is 0 Å². The van der Waals surface area contributed by atoms with Crippen LogP contribution in [0.4, 0.5) is 0 Å². The summed E-state index contributed by atoms with van der Waals surface area (Å²) in [6.45, 7) is 3.89. The minimum absolute atomic E-state index is 0.233. The average Bonchev–Trinajstić information content (AvgIpc) is 2.41. The first-order chi connectivity index (χ1) is 9.67. The Morgan fingerprint density at radius 2 is 1.90 bits per heavy atom. The Labute approximate surface area is 133 Å². The van der Waals surface area contributed by atoms with Crippen LogP contribution < -0.4 is 0 Å². The second-order valence-corrected chi connectivity index (χ2v) is 8.50. The van der Waals surface area contributed by atoms with Gasteiger partial charge in [0.2, 0.25) is 10.0 Å². The molecule has 1 fully saturated rings. The summed E-state index contributed by atoms with van der Waals surface area (Å²) in [7, 11) is -3.58. The van der Waals surface area contributed by atoms with Gasteiger partial charge in [-0.25, -0.2) is 8.42 Å². The summed E-state index contributed by atoms with van der Waals surface area (Å²) in [5.41, 5.74) is -0.150. The fraction of sp³-hybridized carbons (Fsp3) is 0.500. The predicted octanol–water partition coefficient (Wildman–Crippen LogP) is 2.63. The Balaban J connectivity index is 2.27. The molecule has 0 aromatic heterocycles. The molecule has 1 N–H and O–H groups in total. The number of piperidine rings is 1. The number of carbonyl (C=O) groups is 1. The topological polar surface area (TPSA) is 74.7 Å². The van der Waals surface area contributed by atoms with Crippen LogP contribution in [-0.4, -0.2) is 36.9 Å². The maximum atomic E-state index is 12.7. The van der Waals surface area contributed by atoms with Gasteiger partial charge in [-0.2, -0.15) is 4.31 Å². The third-order valence-corrected chi connectivity index (χ3v) is 6.64. The number of rotatable bonds is 3. The van der Waals surface area contributed by atoms with Crippen molar-refractivity contribution in [2.75, 3.05) is 13.1 Å². The van der Waals surface area contributed by atoms with Crippen molar-refractivity contribution in [1.29, 1.82) is 0 Å². The molecule has 0 aliphatic carbocycles. The molecule has 0 radical (unpaired) electrons. The first-order valence-corrected chi connectivity index (χ1v) is 8.90. The zero-order valence-electron chi connectivity index (χ0n) is 12.0. The summed E-state index contributed by atoms with van der Waals surface area (Å²) in [4.78, 5) is 11.5. The Hall–Kier alpha value is -0.920. The number of hydrogen-bond donors (Lipinski definition) is 1. The smallest absolute Gasteiger partial charge is 0.309 e. The van der Waals surface area contributed by atoms with E-state index in [9.17, 15) is 18.3 Å². The molecule has 0 atom stereocenters. The van der Waals surface area contributed by atoms with E-state index >= 15 is 0 Å². The van der Waals surface area contributed by atoms with E-state index in [1.54, 1.807) is 32.0 Å². The van der Waals surface area contributed by atoms with Crippen molar-refractivity contribution < 1.29 is 18.3 Å². The Bertz CT molecular complexity index is 664. The molecule has 1 saturated heterocycles. The quantitative estimate of drug-likeness (QED) is 0.880. The lowest BCUT2D eigenvalue weighted by Gasteiger charge is -2.35. The average molecular weight is 376 g/mol. The molecular weight excluding hydrogens is 358 g/mol. The van der Waals surface area contributed by atoms with Crippen LogP contribution in [0.1, 0.15) is 25.3 Å². The number of halogens is 1. The fourth-order valence-electron chi connectivity index (χ4n) is 2.42. The van der Waals surface area contributed by atoms with Gasteiger partial charge < -0.3 is 5.11 Å². The molecule has 1 aliphatic rings. The van der Waals surface area contributed by atoms with Crippen LogP contribution in [0.15, 0.2) is 27.6 Å². The molecular formula is C14H18BrNO4S. The number of carboxylic acids is 1. The van der Waals surface area contributed by atoms with E-state index < -0.39 is 21.4 Å². The first-order valence-electron chi connectivity index (χ1n) is 6.66. The molecule has 7 heteroatoms. The molecule has 21 heavy (non-hydrogen) atoms. The molecule has 5 nitrogen and oxygen atoms in total. The number of nitrogens with zero attached hydrogens (tertiary/aromatic N) is 1. The van der Waals surface area contributed by atoms with Gasteiger partial charge in [0.25, 0.3) is 0 Å². The van der Waals surface area contributed by atoms with Crippen LogP contribution in [0.25, 0.3) is 0 Å². The summed E-state index contributed by atoms with van der Waals surface area (Å²) in [6, 6.07) is 5.14. The van der Waals surface area contributed by atoms with Crippen molar-refractivity contribution in [3.05, 3.63) is 28.2 Å². The maximum Gasteiger partial charge on any atom is 0.309 e. The van der Waals surface area contributed by atoms with Crippen molar-refractivity contribution in [1.82, 2.24) is 4.31 Å². The van der Waals surface area contributed by atoms with Crippen LogP contribution in [0, 0.1) is 12.3 Å². The number of carboxylic acid groups (broad SMARTS) is 1. The van der Waals surface area contributed by atoms with E-state index in [2.05, 4.69) is 15.9 Å². The largest absolute Gasteiger partial charge is 0.481 e. The number of benzene rings is 1. The van der Waals surface area contributed by atoms with Crippen molar-refractivity contribution >= 4 is 31.9 Å². The van der Waals surface area contributed by atoms with Crippen molar-refractivity contribution in [2.24, 2.45) is 5.41 Å². The van der Waals surface area contributed by atoms with Gasteiger partial charge in [0.15, 0.2) is 0 Å². The monoisotopic (exact) mass is 375 g/mol. The van der Waals surface area contributed by atoms with Gasteiger partial charge in [-0.05, 0) is 44.4 Å². The number of aliphatic carboxylic acids is 1. The molecule has 2 rings (SSSR count). The normalized spacial score (nSPS) is 19.4. The third-order valence-electron chi connectivity index (χ3n) is 4.11. The molecule has 116 valence electrons. The SMILES string of the molecule is Cc1ccc(Br)cc1S(=O)(=O)N1CCC(C)(C(=O)O)CC1. The van der Waals surface area contributed by atoms with Crippen molar-refractivity contribution in [3.8, 4) is 0 Å². The molecule has 1 aliphatic heterocycles. The van der Waals surface area contributed by atoms with Gasteiger partial charge >= 0.3 is 5.97 Å². The van der Waals surface area contributed by atoms with Crippen LogP contribution in [0.5, 0.6) is 0 Å². The lowest BCUT2D eigenvalue weighted by atomic mass is 9.81. The van der Waals surface area contributed by atoms with E-state index in [4.69, 9.17) is 0 Å². The Morgan fingerprint density at radius 1 is 1.33 bits per heavy atom. The van der Waals surface area contributed by atoms with E-state index in [0.29, 0.717) is 22.9 Å². The molecule has 0 unspecified atom stereocenters. The minimum Gasteiger partial charge on any atom is -0.481 e. The molecule has 0 spiro atoms. The first kappa shape index (κ1) is 16.5. The highest BCUT2D eigenvalue weighted by atomic mass is 79.9. The third kappa shape index (κ3) is 3.14. The highest BCUT2D eigenvalue weighted by Crippen LogP contribution is 2.34. The number of sulfonamides is 1. The molecule has 0 amide bonds. The molecule has 1 heterocycles. The van der Waals surface area contributed by atoms with E-state index in [1.165, 1.54) is 4.31 Å². The van der Waals surface area contributed by atoms with Gasteiger partial charge in [-0.15, -0.1) is 0 Å². The number of hydrogen-bond acceptors (Lipinski definition) is 3. The van der Waals surface area contributed by atoms with Gasteiger partial charge in [0, 0.05) is 17.6 Å². The van der Waals surface area contributed by atoms with Gasteiger partial charge in [0.05, 0.1) is 10.3 Å². The second-order valence-electron chi connectivity index (χ2n) is 5.68. The van der Waals surface area contributed by atoms with Gasteiger partial charge in [-0.3, -0.25) is 4.79 Å². The lowest BCUT2D eigenvalue weighted by Crippen LogP contribution is -2.45. The summed E-state index contributed by atoms with van der Waals surface area (Å²) >= 11 is 3.29. The minimum atomic E-state index is -3.58. The highest BCUT2D eigenvalue weighted by molar-refractivity contribution is 9.10. The maximum absolute atomic E-state index is 12.7. The highest BCUT2D eigenvalue weighted by Gasteiger charge is 2.40. The molecule has 0 bridgehead atoms. The Kier molecular flexibility index (Phi) is 4.46. The fourth-order valence-corrected chi connectivity index (χ4v) is 4.63. The summed E-state index contributed by atoms with van der Waals surface area (Å²) in [5.74, 6) is -0.863. The standard InChI is InChI=1S/C14H18BrNO4S/c1-10-3-4-11(15)9-12(10)21(19,20)16-7-5-14(2,6-8-16)13(17)18/h3-4,9H,5-8H2,1-2H3,(H,17,18). The zero-order valence-corrected chi connectivity index (χ0v) is 14.4. The predicted molar refractivity (Wildman–Crippen MR) is 82.6 cm³/mol. The van der Waals surface area contributed by atoms with E-state index in [1.807, 2.05) is 0 Å². The molecule has 0 saturated carbocycles. The van der Waals surface area contributed by atoms with E-state index in [-0.39, 0.29) is 18.0 Å². The van der Waals surface area contributed by atoms with Gasteiger partial charge in [-0.1, -0.05) is 22.0 Å². The molecule has 1 aromatic rings. The summed E-state index contributed by atoms with van der Waals surface area (Å²) in [5, 5.41) is 9.21. The number of aryl methyl sites for hydroxylation is 1. The van der Waals surface area contributed by atoms with Crippen LogP contribution in [0.2, 0.25) is 0 Å². The van der Waals surface area contributed by atoms with Crippen molar-refractivity contribution in [3.63, 3.8) is 0 Å². The van der Waals surface area contributed by atoms with E-state index in [0.717, 1.165) is 0 Å². The van der Waals surface area contributed by atoms with Crippen LogP contribution in [0.3, 0.4) is 0 Å². The summed E-state index contributed by atoms with van der Waals surface area (Å²) < 4.78 is 27.5. The zero-order chi connectivity index (χ0) is 15.8. The van der Waals surface area contributed by atoms with Crippen LogP contribution >= 0.6 is 15.9 Å². The second kappa shape index (κ2) is 5.70. The van der Waals surface area contributed by atoms with Crippen molar-refractivity contribution in [2.45, 2.75) is 31.6 Å². The lowest BCUT2D eigenvalue weighted by molar-refractivity contribution is -0.150. The molecule has 1 aromatic carbocycles. The van der Waals surface area contributed by atoms with Crippen LogP contribution in [-0.2, 0) is 14.8 Å². The summed E-state index contributed by atoms with van der Waals surface area (Å²) in [6.07, 6.45) is 0.656.